The number of carbonyl (C=O) groups is 1. The van der Waals surface area contributed by atoms with E-state index < -0.39 is 0 Å². The molecule has 0 bridgehead atoms. The van der Waals surface area contributed by atoms with Gasteiger partial charge in [0.15, 0.2) is 10.8 Å². The van der Waals surface area contributed by atoms with Crippen molar-refractivity contribution in [3.63, 3.8) is 0 Å². The summed E-state index contributed by atoms with van der Waals surface area (Å²) < 4.78 is 0. The lowest BCUT2D eigenvalue weighted by Crippen LogP contribution is -2.03. The van der Waals surface area contributed by atoms with E-state index in [2.05, 4.69) is 4.98 Å². The first-order valence-electron chi connectivity index (χ1n) is 3.95. The average Bonchev–Trinajstić information content (AvgIpc) is 2.52. The molecular formula is C8H12N2OS. The predicted molar refractivity (Wildman–Crippen MR) is 49.5 cm³/mol. The average molecular weight is 184 g/mol. The Hall–Kier alpha value is -0.740. The Labute approximate surface area is 75.6 Å². The first-order chi connectivity index (χ1) is 5.77. The van der Waals surface area contributed by atoms with Gasteiger partial charge in [0.2, 0.25) is 0 Å². The molecule has 0 saturated heterocycles. The van der Waals surface area contributed by atoms with E-state index in [0.717, 1.165) is 12.1 Å². The standard InChI is InChI=1S/C8H12N2OS/c1-2-7(11)8-10-6(3-4-9)5-12-8/h5H,2-4,9H2,1H3. The number of rotatable bonds is 4. The Bertz CT molecular complexity index is 270. The number of hydrogen-bond acceptors (Lipinski definition) is 4. The van der Waals surface area contributed by atoms with Crippen LogP contribution in [-0.2, 0) is 6.42 Å². The highest BCUT2D eigenvalue weighted by Gasteiger charge is 2.07. The van der Waals surface area contributed by atoms with Crippen molar-refractivity contribution < 1.29 is 4.79 Å². The van der Waals surface area contributed by atoms with Crippen molar-refractivity contribution in [1.82, 2.24) is 4.98 Å². The van der Waals surface area contributed by atoms with Gasteiger partial charge in [0, 0.05) is 18.2 Å². The molecule has 0 atom stereocenters. The Morgan fingerprint density at radius 2 is 2.50 bits per heavy atom. The second-order valence-electron chi connectivity index (χ2n) is 2.46. The largest absolute Gasteiger partial charge is 0.330 e. The molecule has 12 heavy (non-hydrogen) atoms. The van der Waals surface area contributed by atoms with Crippen molar-refractivity contribution >= 4 is 17.1 Å². The smallest absolute Gasteiger partial charge is 0.191 e. The lowest BCUT2D eigenvalue weighted by atomic mass is 10.3. The van der Waals surface area contributed by atoms with Gasteiger partial charge in [-0.15, -0.1) is 11.3 Å². The van der Waals surface area contributed by atoms with E-state index in [1.807, 2.05) is 12.3 Å². The summed E-state index contributed by atoms with van der Waals surface area (Å²) in [6.07, 6.45) is 1.28. The molecular weight excluding hydrogens is 172 g/mol. The second kappa shape index (κ2) is 4.33. The first kappa shape index (κ1) is 9.35. The van der Waals surface area contributed by atoms with E-state index in [-0.39, 0.29) is 5.78 Å². The number of nitrogens with two attached hydrogens (primary N) is 1. The molecule has 3 nitrogen and oxygen atoms in total. The maximum absolute atomic E-state index is 11.1. The number of Topliss-reactive ketones (excluding diaryl/α,β-unsaturated/α-hetero) is 1. The Kier molecular flexibility index (Phi) is 3.37. The lowest BCUT2D eigenvalue weighted by Gasteiger charge is -1.89. The second-order valence-corrected chi connectivity index (χ2v) is 3.32. The van der Waals surface area contributed by atoms with Gasteiger partial charge in [-0.05, 0) is 6.54 Å². The fraction of sp³-hybridized carbons (Fsp3) is 0.500. The van der Waals surface area contributed by atoms with E-state index in [1.165, 1.54) is 11.3 Å². The molecule has 2 N–H and O–H groups in total. The first-order valence-corrected chi connectivity index (χ1v) is 4.83. The van der Waals surface area contributed by atoms with E-state index in [1.54, 1.807) is 0 Å². The minimum Gasteiger partial charge on any atom is -0.330 e. The van der Waals surface area contributed by atoms with Gasteiger partial charge in [0.25, 0.3) is 0 Å². The van der Waals surface area contributed by atoms with Crippen molar-refractivity contribution in [1.29, 1.82) is 0 Å². The van der Waals surface area contributed by atoms with E-state index in [0.29, 0.717) is 18.0 Å². The highest BCUT2D eigenvalue weighted by molar-refractivity contribution is 7.11. The molecule has 0 aliphatic carbocycles. The third kappa shape index (κ3) is 2.12. The number of aromatic nitrogens is 1. The molecule has 0 unspecified atom stereocenters. The highest BCUT2D eigenvalue weighted by atomic mass is 32.1. The minimum atomic E-state index is 0.114. The molecule has 1 aromatic rings. The van der Waals surface area contributed by atoms with Gasteiger partial charge in [-0.2, -0.15) is 0 Å². The van der Waals surface area contributed by atoms with Crippen molar-refractivity contribution in [3.05, 3.63) is 16.1 Å². The Morgan fingerprint density at radius 1 is 1.75 bits per heavy atom. The van der Waals surface area contributed by atoms with Crippen molar-refractivity contribution in [2.24, 2.45) is 5.73 Å². The van der Waals surface area contributed by atoms with Crippen LogP contribution in [0.25, 0.3) is 0 Å². The van der Waals surface area contributed by atoms with Crippen LogP contribution in [-0.4, -0.2) is 17.3 Å². The highest BCUT2D eigenvalue weighted by Crippen LogP contribution is 2.11. The Morgan fingerprint density at radius 3 is 3.08 bits per heavy atom. The third-order valence-corrected chi connectivity index (χ3v) is 2.44. The van der Waals surface area contributed by atoms with Crippen molar-refractivity contribution in [3.8, 4) is 0 Å². The molecule has 1 aromatic heterocycles. The zero-order valence-electron chi connectivity index (χ0n) is 7.04. The number of carbonyl (C=O) groups excluding carboxylic acids is 1. The normalized spacial score (nSPS) is 10.2. The van der Waals surface area contributed by atoms with Crippen molar-refractivity contribution in [2.45, 2.75) is 19.8 Å². The monoisotopic (exact) mass is 184 g/mol. The van der Waals surface area contributed by atoms with Gasteiger partial charge in [-0.25, -0.2) is 4.98 Å². The molecule has 1 heterocycles. The topological polar surface area (TPSA) is 56.0 Å². The molecule has 0 saturated carbocycles. The summed E-state index contributed by atoms with van der Waals surface area (Å²) >= 11 is 1.41. The van der Waals surface area contributed by atoms with E-state index >= 15 is 0 Å². The van der Waals surface area contributed by atoms with Crippen LogP contribution in [0.3, 0.4) is 0 Å². The summed E-state index contributed by atoms with van der Waals surface area (Å²) in [7, 11) is 0. The molecule has 66 valence electrons. The van der Waals surface area contributed by atoms with Gasteiger partial charge in [0.05, 0.1) is 5.69 Å². The lowest BCUT2D eigenvalue weighted by molar-refractivity contribution is 0.0987. The Balaban J connectivity index is 2.70. The molecule has 0 aliphatic rings. The van der Waals surface area contributed by atoms with Crippen LogP contribution in [0.15, 0.2) is 5.38 Å². The zero-order chi connectivity index (χ0) is 8.97. The molecule has 0 amide bonds. The quantitative estimate of drug-likeness (QED) is 0.716. The van der Waals surface area contributed by atoms with Crippen LogP contribution < -0.4 is 5.73 Å². The molecule has 0 aromatic carbocycles. The summed E-state index contributed by atoms with van der Waals surface area (Å²) in [5, 5.41) is 2.51. The van der Waals surface area contributed by atoms with Crippen LogP contribution in [0.1, 0.15) is 28.8 Å². The SMILES string of the molecule is CCC(=O)c1nc(CCN)cs1. The molecule has 1 rings (SSSR count). The van der Waals surface area contributed by atoms with Gasteiger partial charge >= 0.3 is 0 Å². The summed E-state index contributed by atoms with van der Waals surface area (Å²) in [4.78, 5) is 15.3. The molecule has 0 radical (unpaired) electrons. The van der Waals surface area contributed by atoms with Gasteiger partial charge < -0.3 is 5.73 Å². The summed E-state index contributed by atoms with van der Waals surface area (Å²) in [6.45, 7) is 2.43. The van der Waals surface area contributed by atoms with Crippen molar-refractivity contribution in [2.75, 3.05) is 6.54 Å². The third-order valence-electron chi connectivity index (χ3n) is 1.51. The van der Waals surface area contributed by atoms with Crippen LogP contribution in [0.4, 0.5) is 0 Å². The number of thiazole rings is 1. The zero-order valence-corrected chi connectivity index (χ0v) is 7.86. The maximum Gasteiger partial charge on any atom is 0.191 e. The number of hydrogen-bond donors (Lipinski definition) is 1. The van der Waals surface area contributed by atoms with Crippen LogP contribution in [0.2, 0.25) is 0 Å². The molecule has 0 spiro atoms. The fourth-order valence-electron chi connectivity index (χ4n) is 0.849. The number of ketones is 1. The fourth-order valence-corrected chi connectivity index (χ4v) is 1.71. The van der Waals surface area contributed by atoms with Crippen LogP contribution in [0.5, 0.6) is 0 Å². The summed E-state index contributed by atoms with van der Waals surface area (Å²) in [6, 6.07) is 0. The van der Waals surface area contributed by atoms with E-state index in [9.17, 15) is 4.79 Å². The summed E-state index contributed by atoms with van der Waals surface area (Å²) in [5.41, 5.74) is 6.29. The number of nitrogens with zero attached hydrogens (tertiary/aromatic N) is 1. The maximum atomic E-state index is 11.1. The molecule has 0 aliphatic heterocycles. The van der Waals surface area contributed by atoms with E-state index in [4.69, 9.17) is 5.73 Å². The minimum absolute atomic E-state index is 0.114. The van der Waals surface area contributed by atoms with Crippen LogP contribution in [0, 0.1) is 0 Å². The molecule has 4 heteroatoms. The molecule has 0 fully saturated rings. The summed E-state index contributed by atoms with van der Waals surface area (Å²) in [5.74, 6) is 0.114. The van der Waals surface area contributed by atoms with Gasteiger partial charge in [-0.3, -0.25) is 4.79 Å². The van der Waals surface area contributed by atoms with Gasteiger partial charge in [0.1, 0.15) is 0 Å². The predicted octanol–water partition coefficient (Wildman–Crippen LogP) is 1.24. The van der Waals surface area contributed by atoms with Gasteiger partial charge in [-0.1, -0.05) is 6.92 Å². The van der Waals surface area contributed by atoms with Crippen LogP contribution >= 0.6 is 11.3 Å².